The average Bonchev–Trinajstić information content (AvgIpc) is 3.87. The standard InChI is InChI=1S/C36H42N10O6/c1-19(2)14-26-35-43-28(17-51-35)32(49)39-21(4)34-44-31(23(6)52-34)33(50)42-27(24-10-8-7-9-11-24)15-45(16-29(47)41-26)30(48)13-12-25-20(3)40-36-37-18-38-46(36)22(25)5/h7-11,17-19,21,26-27H,12-16H2,1-6H3,(H,39,49)(H,41,47)(H,42,50)/t21-,26+,27+/m0/s1. The molecular weight excluding hydrogens is 668 g/mol. The van der Waals surface area contributed by atoms with E-state index in [1.807, 2.05) is 58.0 Å². The quantitative estimate of drug-likeness (QED) is 0.232. The van der Waals surface area contributed by atoms with Gasteiger partial charge in [-0.05, 0) is 57.6 Å². The summed E-state index contributed by atoms with van der Waals surface area (Å²) in [6.45, 7) is 10.6. The lowest BCUT2D eigenvalue weighted by molar-refractivity contribution is -0.136. The van der Waals surface area contributed by atoms with E-state index in [9.17, 15) is 19.2 Å². The zero-order chi connectivity index (χ0) is 37.1. The molecule has 0 fully saturated rings. The fourth-order valence-electron chi connectivity index (χ4n) is 6.33. The highest BCUT2D eigenvalue weighted by molar-refractivity contribution is 5.94. The van der Waals surface area contributed by atoms with Crippen LogP contribution in [0, 0.1) is 26.7 Å². The van der Waals surface area contributed by atoms with Crippen molar-refractivity contribution in [2.24, 2.45) is 5.92 Å². The monoisotopic (exact) mass is 710 g/mol. The third-order valence-electron chi connectivity index (χ3n) is 9.02. The van der Waals surface area contributed by atoms with Crippen LogP contribution < -0.4 is 16.0 Å². The Kier molecular flexibility index (Phi) is 10.4. The second-order valence-electron chi connectivity index (χ2n) is 13.4. The molecule has 1 aromatic carbocycles. The molecule has 3 N–H and O–H groups in total. The van der Waals surface area contributed by atoms with Gasteiger partial charge in [-0.2, -0.15) is 10.1 Å². The molecule has 0 saturated heterocycles. The van der Waals surface area contributed by atoms with Gasteiger partial charge in [-0.25, -0.2) is 19.5 Å². The summed E-state index contributed by atoms with van der Waals surface area (Å²) in [4.78, 5) is 74.0. The highest BCUT2D eigenvalue weighted by atomic mass is 16.4. The number of aryl methyl sites for hydroxylation is 3. The maximum absolute atomic E-state index is 14.2. The lowest BCUT2D eigenvalue weighted by Gasteiger charge is -2.29. The largest absolute Gasteiger partial charge is 0.446 e. The van der Waals surface area contributed by atoms with Gasteiger partial charge in [0.05, 0.1) is 12.6 Å². The SMILES string of the molecule is Cc1nc2ncnn2c(C)c1CCC(=O)N1CC(=O)N[C@H](CC(C)C)c2nc(co2)C(=O)N[C@@H](C)c2nc(c(C)o2)C(=O)N[C@@H](c2ccccc2)C1. The molecule has 0 aliphatic carbocycles. The number of nitrogens with zero attached hydrogens (tertiary/aromatic N) is 7. The number of rotatable bonds is 6. The van der Waals surface area contributed by atoms with Gasteiger partial charge in [0.2, 0.25) is 23.6 Å². The third kappa shape index (κ3) is 7.85. The highest BCUT2D eigenvalue weighted by Gasteiger charge is 2.30. The Hall–Kier alpha value is -5.93. The van der Waals surface area contributed by atoms with Crippen molar-refractivity contribution in [3.63, 3.8) is 0 Å². The minimum absolute atomic E-state index is 0.00104. The van der Waals surface area contributed by atoms with E-state index in [-0.39, 0.29) is 60.3 Å². The summed E-state index contributed by atoms with van der Waals surface area (Å²) in [5, 5.41) is 13.0. The minimum atomic E-state index is -0.738. The van der Waals surface area contributed by atoms with Gasteiger partial charge in [-0.3, -0.25) is 19.2 Å². The first-order valence-corrected chi connectivity index (χ1v) is 17.2. The predicted octanol–water partition coefficient (Wildman–Crippen LogP) is 3.67. The van der Waals surface area contributed by atoms with Gasteiger partial charge in [0.25, 0.3) is 17.6 Å². The van der Waals surface area contributed by atoms with Crippen LogP contribution in [0.3, 0.4) is 0 Å². The van der Waals surface area contributed by atoms with E-state index in [1.54, 1.807) is 18.4 Å². The first-order chi connectivity index (χ1) is 24.9. The molecule has 272 valence electrons. The number of hydrogen-bond donors (Lipinski definition) is 3. The van der Waals surface area contributed by atoms with Crippen molar-refractivity contribution in [2.45, 2.75) is 78.9 Å². The molecule has 16 heteroatoms. The number of benzene rings is 1. The average molecular weight is 711 g/mol. The van der Waals surface area contributed by atoms with Crippen molar-refractivity contribution in [1.29, 1.82) is 0 Å². The molecule has 5 aromatic rings. The molecule has 16 nitrogen and oxygen atoms in total. The molecule has 4 amide bonds. The van der Waals surface area contributed by atoms with Crippen LogP contribution in [0.15, 0.2) is 51.8 Å². The van der Waals surface area contributed by atoms with Crippen LogP contribution in [0.1, 0.15) is 113 Å². The van der Waals surface area contributed by atoms with Crippen LogP contribution >= 0.6 is 0 Å². The Morgan fingerprint density at radius 1 is 0.981 bits per heavy atom. The van der Waals surface area contributed by atoms with Gasteiger partial charge >= 0.3 is 0 Å². The van der Waals surface area contributed by atoms with E-state index in [4.69, 9.17) is 8.83 Å². The molecule has 0 radical (unpaired) electrons. The van der Waals surface area contributed by atoms with Crippen molar-refractivity contribution in [2.75, 3.05) is 13.1 Å². The van der Waals surface area contributed by atoms with Crippen LogP contribution in [0.4, 0.5) is 0 Å². The van der Waals surface area contributed by atoms with Crippen LogP contribution in [0.2, 0.25) is 0 Å². The number of aromatic nitrogens is 6. The van der Waals surface area contributed by atoms with Gasteiger partial charge in [-0.15, -0.1) is 0 Å². The smallest absolute Gasteiger partial charge is 0.274 e. The van der Waals surface area contributed by atoms with Crippen molar-refractivity contribution in [3.8, 4) is 0 Å². The number of oxazole rings is 2. The number of nitrogens with one attached hydrogen (secondary N) is 3. The van der Waals surface area contributed by atoms with E-state index in [2.05, 4.69) is 41.0 Å². The molecule has 0 spiro atoms. The van der Waals surface area contributed by atoms with Crippen molar-refractivity contribution in [3.05, 3.63) is 94.4 Å². The summed E-state index contributed by atoms with van der Waals surface area (Å²) in [7, 11) is 0. The summed E-state index contributed by atoms with van der Waals surface area (Å²) in [6.07, 6.45) is 3.48. The first kappa shape index (κ1) is 35.9. The lowest BCUT2D eigenvalue weighted by Crippen LogP contribution is -2.46. The van der Waals surface area contributed by atoms with Gasteiger partial charge in [-0.1, -0.05) is 44.2 Å². The van der Waals surface area contributed by atoms with Gasteiger partial charge in [0, 0.05) is 24.4 Å². The summed E-state index contributed by atoms with van der Waals surface area (Å²) < 4.78 is 13.2. The maximum Gasteiger partial charge on any atom is 0.274 e. The van der Waals surface area contributed by atoms with Crippen molar-refractivity contribution < 1.29 is 28.0 Å². The second kappa shape index (κ2) is 15.1. The first-order valence-electron chi connectivity index (χ1n) is 17.2. The third-order valence-corrected chi connectivity index (χ3v) is 9.02. The number of fused-ring (bicyclic) bond motifs is 5. The van der Waals surface area contributed by atoms with Gasteiger partial charge < -0.3 is 29.7 Å². The Balaban J connectivity index is 1.36. The number of hydrogen-bond acceptors (Lipinski definition) is 11. The minimum Gasteiger partial charge on any atom is -0.446 e. The predicted molar refractivity (Wildman–Crippen MR) is 186 cm³/mol. The molecule has 3 atom stereocenters. The van der Waals surface area contributed by atoms with Crippen LogP contribution in [-0.4, -0.2) is 71.2 Å². The molecule has 4 bridgehead atoms. The zero-order valence-corrected chi connectivity index (χ0v) is 30.0. The van der Waals surface area contributed by atoms with Crippen molar-refractivity contribution >= 4 is 29.4 Å². The molecule has 52 heavy (non-hydrogen) atoms. The molecule has 0 saturated carbocycles. The fourth-order valence-corrected chi connectivity index (χ4v) is 6.33. The molecule has 6 rings (SSSR count). The Morgan fingerprint density at radius 3 is 2.50 bits per heavy atom. The van der Waals surface area contributed by atoms with Gasteiger partial charge in [0.15, 0.2) is 11.4 Å². The van der Waals surface area contributed by atoms with E-state index in [0.717, 1.165) is 17.0 Å². The summed E-state index contributed by atoms with van der Waals surface area (Å²) in [6, 6.07) is 7.04. The molecule has 1 aliphatic heterocycles. The van der Waals surface area contributed by atoms with E-state index >= 15 is 0 Å². The normalized spacial score (nSPS) is 18.9. The molecule has 5 heterocycles. The lowest BCUT2D eigenvalue weighted by atomic mass is 10.0. The second-order valence-corrected chi connectivity index (χ2v) is 13.4. The number of amides is 4. The summed E-state index contributed by atoms with van der Waals surface area (Å²) in [5.74, 6) is -0.768. The number of carbonyl (C=O) groups excluding carboxylic acids is 4. The Morgan fingerprint density at radius 2 is 1.75 bits per heavy atom. The summed E-state index contributed by atoms with van der Waals surface area (Å²) >= 11 is 0. The topological polar surface area (TPSA) is 203 Å². The highest BCUT2D eigenvalue weighted by Crippen LogP contribution is 2.24. The van der Waals surface area contributed by atoms with Crippen LogP contribution in [0.5, 0.6) is 0 Å². The van der Waals surface area contributed by atoms with Gasteiger partial charge in [0.1, 0.15) is 30.4 Å². The Bertz CT molecular complexity index is 2100. The zero-order valence-electron chi connectivity index (χ0n) is 30.0. The van der Waals surface area contributed by atoms with E-state index < -0.39 is 35.8 Å². The summed E-state index contributed by atoms with van der Waals surface area (Å²) in [5.41, 5.74) is 3.12. The van der Waals surface area contributed by atoms with Crippen LogP contribution in [-0.2, 0) is 16.0 Å². The van der Waals surface area contributed by atoms with E-state index in [1.165, 1.54) is 17.5 Å². The Labute approximate surface area is 299 Å². The molecule has 4 aromatic heterocycles. The van der Waals surface area contributed by atoms with Crippen molar-refractivity contribution in [1.82, 2.24) is 50.4 Å². The van der Waals surface area contributed by atoms with Crippen LogP contribution in [0.25, 0.3) is 5.78 Å². The molecule has 1 aliphatic rings. The van der Waals surface area contributed by atoms with E-state index in [0.29, 0.717) is 24.2 Å². The number of carbonyl (C=O) groups is 4. The molecule has 0 unspecified atom stereocenters. The maximum atomic E-state index is 14.2. The molecular formula is C36H42N10O6. The fraction of sp³-hybridized carbons (Fsp3) is 0.417.